The van der Waals surface area contributed by atoms with Crippen molar-refractivity contribution in [3.05, 3.63) is 62.7 Å². The third kappa shape index (κ3) is 3.04. The normalized spacial score (nSPS) is 10.1. The zero-order valence-electron chi connectivity index (χ0n) is 9.25. The molecule has 0 fully saturated rings. The topological polar surface area (TPSA) is 65.3 Å². The second kappa shape index (κ2) is 5.59. The van der Waals surface area contributed by atoms with Crippen LogP contribution in [0.3, 0.4) is 0 Å². The molecule has 1 aromatic carbocycles. The lowest BCUT2D eigenvalue weighted by molar-refractivity contribution is -0.390. The Morgan fingerprint density at radius 1 is 1.28 bits per heavy atom. The van der Waals surface area contributed by atoms with Crippen LogP contribution in [0.5, 0.6) is 5.75 Å². The van der Waals surface area contributed by atoms with E-state index in [0.717, 1.165) is 10.0 Å². The van der Waals surface area contributed by atoms with Gasteiger partial charge >= 0.3 is 5.82 Å². The maximum absolute atomic E-state index is 10.7. The molecule has 0 aliphatic rings. The number of ether oxygens (including phenoxy) is 1. The van der Waals surface area contributed by atoms with Gasteiger partial charge in [-0.25, -0.2) is 0 Å². The van der Waals surface area contributed by atoms with Gasteiger partial charge in [0.2, 0.25) is 5.75 Å². The molecule has 5 nitrogen and oxygen atoms in total. The first-order chi connectivity index (χ1) is 8.66. The molecule has 0 aliphatic heterocycles. The van der Waals surface area contributed by atoms with Gasteiger partial charge in [0.25, 0.3) is 0 Å². The number of rotatable bonds is 4. The van der Waals surface area contributed by atoms with Crippen molar-refractivity contribution in [2.45, 2.75) is 6.61 Å². The van der Waals surface area contributed by atoms with Crippen LogP contribution in [-0.4, -0.2) is 9.91 Å². The van der Waals surface area contributed by atoms with Crippen LogP contribution >= 0.6 is 15.9 Å². The fourth-order valence-electron chi connectivity index (χ4n) is 1.37. The van der Waals surface area contributed by atoms with Crippen molar-refractivity contribution in [2.24, 2.45) is 0 Å². The molecule has 0 bridgehead atoms. The third-order valence-electron chi connectivity index (χ3n) is 2.23. The Morgan fingerprint density at radius 2 is 2.00 bits per heavy atom. The number of halogens is 1. The Balaban J connectivity index is 2.10. The highest BCUT2D eigenvalue weighted by atomic mass is 79.9. The lowest BCUT2D eigenvalue weighted by Gasteiger charge is -2.06. The van der Waals surface area contributed by atoms with E-state index in [-0.39, 0.29) is 18.2 Å². The molecule has 0 spiro atoms. The van der Waals surface area contributed by atoms with Gasteiger partial charge in [-0.1, -0.05) is 28.1 Å². The van der Waals surface area contributed by atoms with E-state index >= 15 is 0 Å². The molecule has 0 amide bonds. The van der Waals surface area contributed by atoms with Gasteiger partial charge in [0.1, 0.15) is 12.8 Å². The van der Waals surface area contributed by atoms with Gasteiger partial charge in [-0.3, -0.25) is 0 Å². The molecule has 2 aromatic rings. The summed E-state index contributed by atoms with van der Waals surface area (Å²) in [6, 6.07) is 10.7. The SMILES string of the molecule is O=[N+]([O-])c1ncccc1OCc1ccc(Br)cc1. The molecule has 0 N–H and O–H groups in total. The predicted octanol–water partition coefficient (Wildman–Crippen LogP) is 3.33. The minimum atomic E-state index is -0.559. The van der Waals surface area contributed by atoms with Gasteiger partial charge < -0.3 is 14.9 Å². The molecular formula is C12H9BrN2O3. The smallest absolute Gasteiger partial charge is 0.406 e. The number of nitrogens with zero attached hydrogens (tertiary/aromatic N) is 2. The molecule has 0 aliphatic carbocycles. The third-order valence-corrected chi connectivity index (χ3v) is 2.76. The quantitative estimate of drug-likeness (QED) is 0.642. The first-order valence-electron chi connectivity index (χ1n) is 5.13. The van der Waals surface area contributed by atoms with Gasteiger partial charge in [-0.15, -0.1) is 0 Å². The molecule has 1 aromatic heterocycles. The molecule has 0 atom stereocenters. The summed E-state index contributed by atoms with van der Waals surface area (Å²) in [5.74, 6) is -0.0972. The van der Waals surface area contributed by atoms with Crippen LogP contribution in [0.15, 0.2) is 47.1 Å². The van der Waals surface area contributed by atoms with Crippen LogP contribution < -0.4 is 4.74 Å². The van der Waals surface area contributed by atoms with Crippen molar-refractivity contribution >= 4 is 21.7 Å². The van der Waals surface area contributed by atoms with Crippen LogP contribution in [0.1, 0.15) is 5.56 Å². The monoisotopic (exact) mass is 308 g/mol. The maximum Gasteiger partial charge on any atom is 0.406 e. The van der Waals surface area contributed by atoms with Crippen molar-refractivity contribution in [2.75, 3.05) is 0 Å². The summed E-state index contributed by atoms with van der Waals surface area (Å²) in [4.78, 5) is 13.8. The molecule has 0 saturated carbocycles. The number of nitro groups is 1. The molecule has 0 saturated heterocycles. The second-order valence-electron chi connectivity index (χ2n) is 3.50. The second-order valence-corrected chi connectivity index (χ2v) is 4.41. The summed E-state index contributed by atoms with van der Waals surface area (Å²) >= 11 is 3.33. The van der Waals surface area contributed by atoms with E-state index in [2.05, 4.69) is 20.9 Å². The Morgan fingerprint density at radius 3 is 2.67 bits per heavy atom. The fourth-order valence-corrected chi connectivity index (χ4v) is 1.64. The van der Waals surface area contributed by atoms with Crippen LogP contribution in [0, 0.1) is 10.1 Å². The van der Waals surface area contributed by atoms with Crippen LogP contribution in [0.25, 0.3) is 0 Å². The summed E-state index contributed by atoms with van der Waals surface area (Å²) in [5, 5.41) is 10.7. The van der Waals surface area contributed by atoms with E-state index in [4.69, 9.17) is 4.74 Å². The lowest BCUT2D eigenvalue weighted by Crippen LogP contribution is -2.00. The molecule has 1 heterocycles. The molecule has 0 unspecified atom stereocenters. The molecule has 6 heteroatoms. The van der Waals surface area contributed by atoms with Crippen molar-refractivity contribution in [3.8, 4) is 5.75 Å². The molecule has 18 heavy (non-hydrogen) atoms. The standard InChI is InChI=1S/C12H9BrN2O3/c13-10-5-3-9(4-6-10)8-18-11-2-1-7-14-12(11)15(16)17/h1-7H,8H2. The van der Waals surface area contributed by atoms with Crippen molar-refractivity contribution in [3.63, 3.8) is 0 Å². The Labute approximate surface area is 112 Å². The number of pyridine rings is 1. The zero-order valence-corrected chi connectivity index (χ0v) is 10.8. The lowest BCUT2D eigenvalue weighted by atomic mass is 10.2. The van der Waals surface area contributed by atoms with E-state index < -0.39 is 4.92 Å². The van der Waals surface area contributed by atoms with Crippen LogP contribution in [0.4, 0.5) is 5.82 Å². The number of hydrogen-bond acceptors (Lipinski definition) is 4. The molecule has 2 rings (SSSR count). The summed E-state index contributed by atoms with van der Waals surface area (Å²) in [5.41, 5.74) is 0.927. The van der Waals surface area contributed by atoms with Gasteiger partial charge in [0.15, 0.2) is 0 Å². The molecule has 0 radical (unpaired) electrons. The fraction of sp³-hybridized carbons (Fsp3) is 0.0833. The van der Waals surface area contributed by atoms with Gasteiger partial charge in [0, 0.05) is 4.47 Å². The van der Waals surface area contributed by atoms with Crippen molar-refractivity contribution in [1.82, 2.24) is 4.98 Å². The van der Waals surface area contributed by atoms with E-state index in [1.807, 2.05) is 24.3 Å². The highest BCUT2D eigenvalue weighted by molar-refractivity contribution is 9.10. The number of hydrogen-bond donors (Lipinski definition) is 0. The summed E-state index contributed by atoms with van der Waals surface area (Å²) in [6.07, 6.45) is 1.37. The maximum atomic E-state index is 10.7. The van der Waals surface area contributed by atoms with Gasteiger partial charge in [-0.2, -0.15) is 0 Å². The Hall–Kier alpha value is -1.95. The largest absolute Gasteiger partial charge is 0.481 e. The Kier molecular flexibility index (Phi) is 3.88. The van der Waals surface area contributed by atoms with Crippen LogP contribution in [0.2, 0.25) is 0 Å². The predicted molar refractivity (Wildman–Crippen MR) is 69.4 cm³/mol. The summed E-state index contributed by atoms with van der Waals surface area (Å²) < 4.78 is 6.38. The minimum absolute atomic E-state index is 0.172. The summed E-state index contributed by atoms with van der Waals surface area (Å²) in [7, 11) is 0. The number of benzene rings is 1. The molecule has 92 valence electrons. The van der Waals surface area contributed by atoms with Crippen molar-refractivity contribution < 1.29 is 9.66 Å². The van der Waals surface area contributed by atoms with Crippen molar-refractivity contribution in [1.29, 1.82) is 0 Å². The van der Waals surface area contributed by atoms with E-state index in [0.29, 0.717) is 0 Å². The zero-order chi connectivity index (χ0) is 13.0. The first-order valence-corrected chi connectivity index (χ1v) is 5.93. The summed E-state index contributed by atoms with van der Waals surface area (Å²) in [6.45, 7) is 0.264. The minimum Gasteiger partial charge on any atom is -0.481 e. The van der Waals surface area contributed by atoms with E-state index in [1.54, 1.807) is 6.07 Å². The highest BCUT2D eigenvalue weighted by Gasteiger charge is 2.15. The average Bonchev–Trinajstić information content (AvgIpc) is 2.38. The van der Waals surface area contributed by atoms with Crippen LogP contribution in [-0.2, 0) is 6.61 Å². The van der Waals surface area contributed by atoms with Gasteiger partial charge in [0.05, 0.1) is 0 Å². The number of aromatic nitrogens is 1. The average molecular weight is 309 g/mol. The van der Waals surface area contributed by atoms with E-state index in [9.17, 15) is 10.1 Å². The first kappa shape index (κ1) is 12.5. The van der Waals surface area contributed by atoms with E-state index in [1.165, 1.54) is 12.3 Å². The Bertz CT molecular complexity index is 558. The highest BCUT2D eigenvalue weighted by Crippen LogP contribution is 2.24. The van der Waals surface area contributed by atoms with Gasteiger partial charge in [-0.05, 0) is 39.7 Å². The molecular weight excluding hydrogens is 300 g/mol.